The summed E-state index contributed by atoms with van der Waals surface area (Å²) >= 11 is 9.58. The van der Waals surface area contributed by atoms with Crippen LogP contribution in [0.25, 0.3) is 0 Å². The Kier molecular flexibility index (Phi) is 4.61. The summed E-state index contributed by atoms with van der Waals surface area (Å²) in [6.45, 7) is 3.29. The molecule has 1 aliphatic rings. The van der Waals surface area contributed by atoms with E-state index < -0.39 is 6.04 Å². The highest BCUT2D eigenvalue weighted by molar-refractivity contribution is 9.10. The first-order valence-corrected chi connectivity index (χ1v) is 6.95. The zero-order valence-electron chi connectivity index (χ0n) is 9.83. The van der Waals surface area contributed by atoms with Crippen molar-refractivity contribution < 1.29 is 4.79 Å². The van der Waals surface area contributed by atoms with E-state index in [-0.39, 0.29) is 5.91 Å². The highest BCUT2D eigenvalue weighted by Crippen LogP contribution is 2.30. The van der Waals surface area contributed by atoms with E-state index in [2.05, 4.69) is 26.1 Å². The molecular weight excluding hydrogens is 318 g/mol. The predicted molar refractivity (Wildman–Crippen MR) is 75.5 cm³/mol. The van der Waals surface area contributed by atoms with Gasteiger partial charge in [-0.2, -0.15) is 0 Å². The number of piperazine rings is 1. The number of benzene rings is 1. The Labute approximate surface area is 120 Å². The highest BCUT2D eigenvalue weighted by Gasteiger charge is 2.28. The lowest BCUT2D eigenvalue weighted by Crippen LogP contribution is -2.48. The molecule has 1 heterocycles. The molecule has 1 aromatic rings. The lowest BCUT2D eigenvalue weighted by molar-refractivity contribution is -0.123. The minimum Gasteiger partial charge on any atom is -0.368 e. The van der Waals surface area contributed by atoms with Crippen LogP contribution in [0, 0.1) is 0 Å². The van der Waals surface area contributed by atoms with E-state index in [9.17, 15) is 4.79 Å². The molecule has 1 fully saturated rings. The number of nitrogens with one attached hydrogen (secondary N) is 1. The topological polar surface area (TPSA) is 58.4 Å². The van der Waals surface area contributed by atoms with Crippen molar-refractivity contribution in [3.8, 4) is 0 Å². The van der Waals surface area contributed by atoms with Crippen LogP contribution in [0.3, 0.4) is 0 Å². The third-order valence-electron chi connectivity index (χ3n) is 3.04. The fourth-order valence-electron chi connectivity index (χ4n) is 2.19. The quantitative estimate of drug-likeness (QED) is 0.882. The number of hydrogen-bond donors (Lipinski definition) is 2. The van der Waals surface area contributed by atoms with Gasteiger partial charge in [-0.25, -0.2) is 0 Å². The van der Waals surface area contributed by atoms with Crippen LogP contribution in [0.15, 0.2) is 22.7 Å². The Hall–Kier alpha value is -0.620. The summed E-state index contributed by atoms with van der Waals surface area (Å²) in [5.41, 5.74) is 6.31. The van der Waals surface area contributed by atoms with Gasteiger partial charge in [0.15, 0.2) is 0 Å². The van der Waals surface area contributed by atoms with Crippen LogP contribution in [0.1, 0.15) is 11.6 Å². The number of primary amides is 1. The van der Waals surface area contributed by atoms with E-state index in [1.165, 1.54) is 0 Å². The summed E-state index contributed by atoms with van der Waals surface area (Å²) in [5.74, 6) is -0.364. The maximum atomic E-state index is 11.7. The van der Waals surface area contributed by atoms with Crippen molar-refractivity contribution in [1.29, 1.82) is 0 Å². The zero-order valence-corrected chi connectivity index (χ0v) is 12.2. The van der Waals surface area contributed by atoms with E-state index in [4.69, 9.17) is 17.3 Å². The molecule has 0 radical (unpaired) electrons. The van der Waals surface area contributed by atoms with E-state index >= 15 is 0 Å². The van der Waals surface area contributed by atoms with Crippen LogP contribution < -0.4 is 11.1 Å². The van der Waals surface area contributed by atoms with Gasteiger partial charge >= 0.3 is 0 Å². The average molecular weight is 333 g/mol. The maximum absolute atomic E-state index is 11.7. The van der Waals surface area contributed by atoms with Crippen LogP contribution in [0.5, 0.6) is 0 Å². The molecule has 1 atom stereocenters. The van der Waals surface area contributed by atoms with Gasteiger partial charge in [0, 0.05) is 35.7 Å². The normalized spacial score (nSPS) is 18.6. The lowest BCUT2D eigenvalue weighted by atomic mass is 10.0. The Balaban J connectivity index is 2.34. The van der Waals surface area contributed by atoms with Gasteiger partial charge < -0.3 is 11.1 Å². The summed E-state index contributed by atoms with van der Waals surface area (Å²) < 4.78 is 0.892. The van der Waals surface area contributed by atoms with Gasteiger partial charge in [-0.15, -0.1) is 0 Å². The van der Waals surface area contributed by atoms with Crippen LogP contribution in [0.2, 0.25) is 5.02 Å². The molecule has 18 heavy (non-hydrogen) atoms. The minimum absolute atomic E-state index is 0.364. The van der Waals surface area contributed by atoms with Crippen LogP contribution in [-0.2, 0) is 4.79 Å². The number of nitrogens with zero attached hydrogens (tertiary/aromatic N) is 1. The van der Waals surface area contributed by atoms with Crippen molar-refractivity contribution in [3.63, 3.8) is 0 Å². The van der Waals surface area contributed by atoms with Gasteiger partial charge in [0.25, 0.3) is 0 Å². The summed E-state index contributed by atoms with van der Waals surface area (Å²) in [5, 5.41) is 3.82. The molecular formula is C12H15BrClN3O. The van der Waals surface area contributed by atoms with Crippen molar-refractivity contribution >= 4 is 33.4 Å². The summed E-state index contributed by atoms with van der Waals surface area (Å²) in [6, 6.07) is 5.03. The third kappa shape index (κ3) is 3.03. The van der Waals surface area contributed by atoms with Crippen molar-refractivity contribution in [1.82, 2.24) is 10.2 Å². The molecule has 1 aromatic carbocycles. The number of carbonyl (C=O) groups excluding carboxylic acids is 1. The molecule has 0 saturated carbocycles. The predicted octanol–water partition coefficient (Wildman–Crippen LogP) is 1.53. The first-order chi connectivity index (χ1) is 8.59. The smallest absolute Gasteiger partial charge is 0.239 e. The monoisotopic (exact) mass is 331 g/mol. The van der Waals surface area contributed by atoms with Crippen molar-refractivity contribution in [2.24, 2.45) is 5.73 Å². The molecule has 0 aliphatic carbocycles. The standard InChI is InChI=1S/C12H15BrClN3O/c13-8-1-2-10(14)9(7-8)11(12(15)18)17-5-3-16-4-6-17/h1-2,7,11,16H,3-6H2,(H2,15,18). The van der Waals surface area contributed by atoms with E-state index in [1.54, 1.807) is 6.07 Å². The summed E-state index contributed by atoms with van der Waals surface area (Å²) in [7, 11) is 0. The number of hydrogen-bond acceptors (Lipinski definition) is 3. The highest BCUT2D eigenvalue weighted by atomic mass is 79.9. The fraction of sp³-hybridized carbons (Fsp3) is 0.417. The van der Waals surface area contributed by atoms with Crippen LogP contribution >= 0.6 is 27.5 Å². The lowest BCUT2D eigenvalue weighted by Gasteiger charge is -2.33. The molecule has 1 saturated heterocycles. The maximum Gasteiger partial charge on any atom is 0.239 e. The van der Waals surface area contributed by atoms with Gasteiger partial charge in [0.1, 0.15) is 6.04 Å². The SMILES string of the molecule is NC(=O)C(c1cc(Br)ccc1Cl)N1CCNCC1. The molecule has 98 valence electrons. The third-order valence-corrected chi connectivity index (χ3v) is 3.88. The average Bonchev–Trinajstić information content (AvgIpc) is 2.35. The van der Waals surface area contributed by atoms with Gasteiger partial charge in [0.05, 0.1) is 0 Å². The molecule has 4 nitrogen and oxygen atoms in total. The van der Waals surface area contributed by atoms with Crippen molar-refractivity contribution in [2.75, 3.05) is 26.2 Å². The summed E-state index contributed by atoms with van der Waals surface area (Å²) in [6.07, 6.45) is 0. The first kappa shape index (κ1) is 13.8. The molecule has 1 unspecified atom stereocenters. The molecule has 3 N–H and O–H groups in total. The number of nitrogens with two attached hydrogens (primary N) is 1. The fourth-order valence-corrected chi connectivity index (χ4v) is 2.79. The largest absolute Gasteiger partial charge is 0.368 e. The molecule has 2 rings (SSSR count). The van der Waals surface area contributed by atoms with Gasteiger partial charge in [-0.3, -0.25) is 9.69 Å². The van der Waals surface area contributed by atoms with Crippen molar-refractivity contribution in [3.05, 3.63) is 33.3 Å². The molecule has 6 heteroatoms. The number of rotatable bonds is 3. The molecule has 0 aromatic heterocycles. The van der Waals surface area contributed by atoms with E-state index in [1.807, 2.05) is 12.1 Å². The number of amides is 1. The van der Waals surface area contributed by atoms with Crippen LogP contribution in [-0.4, -0.2) is 37.0 Å². The number of carbonyl (C=O) groups is 1. The zero-order chi connectivity index (χ0) is 13.1. The minimum atomic E-state index is -0.461. The number of halogens is 2. The van der Waals surface area contributed by atoms with Gasteiger partial charge in [0.2, 0.25) is 5.91 Å². The molecule has 0 spiro atoms. The van der Waals surface area contributed by atoms with Crippen molar-refractivity contribution in [2.45, 2.75) is 6.04 Å². The van der Waals surface area contributed by atoms with Gasteiger partial charge in [-0.1, -0.05) is 27.5 Å². The second-order valence-corrected chi connectivity index (χ2v) is 5.58. The molecule has 1 aliphatic heterocycles. The van der Waals surface area contributed by atoms with Crippen LogP contribution in [0.4, 0.5) is 0 Å². The Morgan fingerprint density at radius 3 is 2.72 bits per heavy atom. The Bertz CT molecular complexity index is 449. The molecule has 0 bridgehead atoms. The second kappa shape index (κ2) is 6.02. The molecule has 1 amide bonds. The first-order valence-electron chi connectivity index (χ1n) is 5.78. The second-order valence-electron chi connectivity index (χ2n) is 4.26. The Morgan fingerprint density at radius 1 is 1.44 bits per heavy atom. The van der Waals surface area contributed by atoms with Gasteiger partial charge in [-0.05, 0) is 23.8 Å². The summed E-state index contributed by atoms with van der Waals surface area (Å²) in [4.78, 5) is 13.8. The van der Waals surface area contributed by atoms with E-state index in [0.717, 1.165) is 36.2 Å². The van der Waals surface area contributed by atoms with E-state index in [0.29, 0.717) is 5.02 Å². The Morgan fingerprint density at radius 2 is 2.11 bits per heavy atom.